The third-order valence-electron chi connectivity index (χ3n) is 5.70. The quantitative estimate of drug-likeness (QED) is 0.364. The van der Waals surface area contributed by atoms with E-state index in [4.69, 9.17) is 9.15 Å². The van der Waals surface area contributed by atoms with Gasteiger partial charge in [0, 0.05) is 17.7 Å². The van der Waals surface area contributed by atoms with Gasteiger partial charge in [0.1, 0.15) is 17.1 Å². The number of carbonyl (C=O) groups is 1. The zero-order valence-corrected chi connectivity index (χ0v) is 20.6. The summed E-state index contributed by atoms with van der Waals surface area (Å²) < 4.78 is 51.3. The van der Waals surface area contributed by atoms with Crippen molar-refractivity contribution in [3.8, 4) is 16.9 Å². The van der Waals surface area contributed by atoms with Crippen molar-refractivity contribution >= 4 is 21.9 Å². The van der Waals surface area contributed by atoms with E-state index in [9.17, 15) is 22.7 Å². The highest BCUT2D eigenvalue weighted by molar-refractivity contribution is 7.90. The van der Waals surface area contributed by atoms with Gasteiger partial charge in [-0.1, -0.05) is 38.1 Å². The van der Waals surface area contributed by atoms with Gasteiger partial charge in [-0.2, -0.15) is 0 Å². The van der Waals surface area contributed by atoms with Crippen molar-refractivity contribution in [2.75, 3.05) is 26.7 Å². The second kappa shape index (κ2) is 11.3. The normalized spacial score (nSPS) is 11.9. The van der Waals surface area contributed by atoms with Crippen LogP contribution in [0.2, 0.25) is 0 Å². The lowest BCUT2D eigenvalue weighted by molar-refractivity contribution is 0.0692. The molecule has 9 heteroatoms. The Morgan fingerprint density at radius 2 is 1.91 bits per heavy atom. The number of methoxy groups -OCH3 is 1. The van der Waals surface area contributed by atoms with Gasteiger partial charge in [0.2, 0.25) is 0 Å². The molecule has 0 aliphatic rings. The molecule has 1 aromatic heterocycles. The van der Waals surface area contributed by atoms with Gasteiger partial charge >= 0.3 is 5.97 Å². The fourth-order valence-electron chi connectivity index (χ4n) is 3.86. The van der Waals surface area contributed by atoms with Crippen LogP contribution in [0.25, 0.3) is 17.2 Å². The maximum atomic E-state index is 14.0. The summed E-state index contributed by atoms with van der Waals surface area (Å²) in [6.07, 6.45) is 6.24. The van der Waals surface area contributed by atoms with Crippen molar-refractivity contribution < 1.29 is 31.9 Å². The number of hydrogen-bond donors (Lipinski definition) is 1. The summed E-state index contributed by atoms with van der Waals surface area (Å²) in [6, 6.07) is 8.14. The fourth-order valence-corrected chi connectivity index (χ4v) is 5.43. The monoisotopic (exact) mass is 501 g/mol. The topological polar surface area (TPSA) is 97.0 Å². The Bertz CT molecular complexity index is 1310. The molecule has 0 saturated heterocycles. The van der Waals surface area contributed by atoms with Crippen molar-refractivity contribution in [3.05, 3.63) is 77.5 Å². The lowest BCUT2D eigenvalue weighted by Gasteiger charge is -2.16. The van der Waals surface area contributed by atoms with Crippen LogP contribution in [-0.4, -0.2) is 51.1 Å². The Morgan fingerprint density at radius 3 is 2.51 bits per heavy atom. The number of sulfone groups is 1. The highest BCUT2D eigenvalue weighted by Crippen LogP contribution is 2.37. The van der Waals surface area contributed by atoms with Crippen LogP contribution < -0.4 is 4.74 Å². The van der Waals surface area contributed by atoms with Gasteiger partial charge in [-0.05, 0) is 48.5 Å². The number of aromatic carboxylic acids is 1. The number of carboxylic acids is 1. The fraction of sp³-hybridized carbons (Fsp3) is 0.269. The molecule has 2 aromatic carbocycles. The maximum Gasteiger partial charge on any atom is 0.339 e. The number of benzene rings is 2. The summed E-state index contributed by atoms with van der Waals surface area (Å²) in [6.45, 7) is 6.26. The highest BCUT2D eigenvalue weighted by Gasteiger charge is 2.26. The smallest absolute Gasteiger partial charge is 0.339 e. The molecule has 0 fully saturated rings. The van der Waals surface area contributed by atoms with E-state index >= 15 is 0 Å². The lowest BCUT2D eigenvalue weighted by atomic mass is 9.99. The Morgan fingerprint density at radius 1 is 1.17 bits per heavy atom. The van der Waals surface area contributed by atoms with E-state index in [1.165, 1.54) is 31.8 Å². The first-order chi connectivity index (χ1) is 16.7. The molecule has 0 unspecified atom stereocenters. The van der Waals surface area contributed by atoms with Crippen LogP contribution in [-0.2, 0) is 15.6 Å². The van der Waals surface area contributed by atoms with Crippen LogP contribution in [0, 0.1) is 5.82 Å². The third kappa shape index (κ3) is 5.98. The number of hydrogen-bond acceptors (Lipinski definition) is 6. The van der Waals surface area contributed by atoms with Crippen LogP contribution in [0.15, 0.2) is 64.3 Å². The first-order valence-corrected chi connectivity index (χ1v) is 12.7. The molecule has 0 aliphatic carbocycles. The van der Waals surface area contributed by atoms with Crippen molar-refractivity contribution in [2.45, 2.75) is 24.5 Å². The minimum Gasteiger partial charge on any atom is -0.495 e. The Hall–Kier alpha value is -3.43. The summed E-state index contributed by atoms with van der Waals surface area (Å²) in [5.41, 5.74) is 1.06. The average molecular weight is 502 g/mol. The minimum absolute atomic E-state index is 0.0325. The van der Waals surface area contributed by atoms with Crippen LogP contribution in [0.4, 0.5) is 4.39 Å². The number of rotatable bonds is 11. The van der Waals surface area contributed by atoms with E-state index in [0.29, 0.717) is 17.7 Å². The van der Waals surface area contributed by atoms with Crippen molar-refractivity contribution in [3.63, 3.8) is 0 Å². The molecule has 186 valence electrons. The van der Waals surface area contributed by atoms with E-state index < -0.39 is 27.4 Å². The van der Waals surface area contributed by atoms with Crippen molar-refractivity contribution in [1.82, 2.24) is 4.90 Å². The van der Waals surface area contributed by atoms with E-state index in [1.54, 1.807) is 24.3 Å². The summed E-state index contributed by atoms with van der Waals surface area (Å²) in [5, 5.41) is 9.91. The Balaban J connectivity index is 2.04. The third-order valence-corrected chi connectivity index (χ3v) is 7.43. The van der Waals surface area contributed by atoms with Crippen molar-refractivity contribution in [1.29, 1.82) is 0 Å². The van der Waals surface area contributed by atoms with Crippen molar-refractivity contribution in [2.24, 2.45) is 0 Å². The van der Waals surface area contributed by atoms with E-state index in [0.717, 1.165) is 25.2 Å². The first-order valence-electron chi connectivity index (χ1n) is 11.1. The van der Waals surface area contributed by atoms with Gasteiger partial charge in [0.25, 0.3) is 0 Å². The van der Waals surface area contributed by atoms with E-state index in [-0.39, 0.29) is 27.3 Å². The average Bonchev–Trinajstić information content (AvgIpc) is 3.35. The number of furan rings is 1. The highest BCUT2D eigenvalue weighted by atomic mass is 32.2. The number of carboxylic acid groups (broad SMARTS) is 1. The molecule has 0 aliphatic heterocycles. The summed E-state index contributed by atoms with van der Waals surface area (Å²) in [4.78, 5) is 14.2. The maximum absolute atomic E-state index is 14.0. The zero-order valence-electron chi connectivity index (χ0n) is 19.8. The molecular weight excluding hydrogens is 473 g/mol. The molecule has 0 bridgehead atoms. The summed E-state index contributed by atoms with van der Waals surface area (Å²) in [7, 11) is -2.72. The van der Waals surface area contributed by atoms with Crippen LogP contribution in [0.5, 0.6) is 5.75 Å². The zero-order chi connectivity index (χ0) is 25.6. The molecule has 0 saturated carbocycles. The predicted molar refractivity (Wildman–Crippen MR) is 132 cm³/mol. The number of likely N-dealkylation sites (N-methyl/N-ethyl adjacent to an activating group) is 1. The number of halogens is 1. The lowest BCUT2D eigenvalue weighted by Crippen LogP contribution is -2.22. The second-order valence-corrected chi connectivity index (χ2v) is 9.79. The summed E-state index contributed by atoms with van der Waals surface area (Å²) >= 11 is 0. The molecule has 0 amide bonds. The largest absolute Gasteiger partial charge is 0.495 e. The van der Waals surface area contributed by atoms with Gasteiger partial charge in [-0.3, -0.25) is 0 Å². The molecule has 0 radical (unpaired) electrons. The molecule has 0 atom stereocenters. The number of ether oxygens (including phenoxy) is 1. The van der Waals surface area contributed by atoms with E-state index in [2.05, 4.69) is 4.90 Å². The first kappa shape index (κ1) is 26.2. The molecule has 1 N–H and O–H groups in total. The molecule has 7 nitrogen and oxygen atoms in total. The molecule has 0 spiro atoms. The standard InChI is InChI=1S/C26H28FNO6S/c1-4-28(5-2)13-6-7-18-15-21(27)9-11-23(18)35(31,32)17-20-8-10-22(19-12-14-34-16-19)25(33-3)24(20)26(29)30/h6-12,14-16H,4-5,13,17H2,1-3H3,(H,29,30)/b7-6+. The van der Waals surface area contributed by atoms with Crippen LogP contribution in [0.3, 0.4) is 0 Å². The number of nitrogens with zero attached hydrogens (tertiary/aromatic N) is 1. The van der Waals surface area contributed by atoms with Gasteiger partial charge in [-0.15, -0.1) is 0 Å². The second-order valence-electron chi connectivity index (χ2n) is 7.83. The van der Waals surface area contributed by atoms with Gasteiger partial charge in [0.05, 0.1) is 30.3 Å². The molecular formula is C26H28FNO6S. The molecule has 3 aromatic rings. The van der Waals surface area contributed by atoms with Gasteiger partial charge in [0.15, 0.2) is 9.84 Å². The predicted octanol–water partition coefficient (Wildman–Crippen LogP) is 5.12. The minimum atomic E-state index is -4.04. The van der Waals surface area contributed by atoms with Crippen LogP contribution >= 0.6 is 0 Å². The van der Waals surface area contributed by atoms with E-state index in [1.807, 2.05) is 13.8 Å². The van der Waals surface area contributed by atoms with Gasteiger partial charge < -0.3 is 19.2 Å². The Labute approximate surface area is 204 Å². The molecule has 35 heavy (non-hydrogen) atoms. The summed E-state index contributed by atoms with van der Waals surface area (Å²) in [5.74, 6) is -2.45. The molecule has 1 heterocycles. The van der Waals surface area contributed by atoms with Crippen LogP contribution in [0.1, 0.15) is 35.3 Å². The Kier molecular flexibility index (Phi) is 8.48. The van der Waals surface area contributed by atoms with Gasteiger partial charge in [-0.25, -0.2) is 17.6 Å². The molecule has 3 rings (SSSR count). The SMILES string of the molecule is CCN(CC)C/C=C/c1cc(F)ccc1S(=O)(=O)Cc1ccc(-c2ccoc2)c(OC)c1C(=O)O.